The van der Waals surface area contributed by atoms with Crippen LogP contribution in [0.1, 0.15) is 31.2 Å². The van der Waals surface area contributed by atoms with Crippen molar-refractivity contribution in [2.24, 2.45) is 5.92 Å². The third-order valence-corrected chi connectivity index (χ3v) is 4.62. The highest BCUT2D eigenvalue weighted by Gasteiger charge is 2.16. The minimum atomic E-state index is -0.257. The Morgan fingerprint density at radius 1 is 1.25 bits per heavy atom. The van der Waals surface area contributed by atoms with E-state index in [0.29, 0.717) is 0 Å². The Bertz CT molecular complexity index is 696. The second kappa shape index (κ2) is 6.95. The number of nitrogens with one attached hydrogen (secondary N) is 3. The van der Waals surface area contributed by atoms with Gasteiger partial charge < -0.3 is 15.5 Å². The van der Waals surface area contributed by atoms with Crippen LogP contribution >= 0.6 is 0 Å². The van der Waals surface area contributed by atoms with E-state index in [0.717, 1.165) is 47.5 Å². The first kappa shape index (κ1) is 16.4. The first-order valence-corrected chi connectivity index (χ1v) is 8.47. The number of carbonyl (C=O) groups excluding carboxylic acids is 1. The molecule has 1 aromatic heterocycles. The Kier molecular flexibility index (Phi) is 4.74. The molecule has 1 aliphatic rings. The first-order chi connectivity index (χ1) is 11.5. The van der Waals surface area contributed by atoms with Crippen molar-refractivity contribution in [3.8, 4) is 0 Å². The number of hydrogen-bond donors (Lipinski definition) is 3. The minimum Gasteiger partial charge on any atom is -0.371 e. The van der Waals surface area contributed by atoms with Crippen LogP contribution in [0.5, 0.6) is 0 Å². The molecule has 6 heteroatoms. The molecule has 2 amide bonds. The van der Waals surface area contributed by atoms with Crippen molar-refractivity contribution in [3.63, 3.8) is 0 Å². The molecule has 128 valence electrons. The first-order valence-electron chi connectivity index (χ1n) is 8.47. The number of H-pyrrole nitrogens is 1. The van der Waals surface area contributed by atoms with Gasteiger partial charge in [0.1, 0.15) is 0 Å². The predicted molar refractivity (Wildman–Crippen MR) is 97.8 cm³/mol. The fourth-order valence-corrected chi connectivity index (χ4v) is 3.06. The molecule has 0 unspecified atom stereocenters. The molecule has 2 aromatic rings. The van der Waals surface area contributed by atoms with Gasteiger partial charge in [-0.3, -0.25) is 5.10 Å². The summed E-state index contributed by atoms with van der Waals surface area (Å²) in [4.78, 5) is 14.6. The number of aromatic nitrogens is 2. The van der Waals surface area contributed by atoms with Gasteiger partial charge in [-0.25, -0.2) is 4.79 Å². The maximum atomic E-state index is 12.2. The summed E-state index contributed by atoms with van der Waals surface area (Å²) in [5, 5.41) is 12.7. The molecule has 1 fully saturated rings. The number of benzene rings is 1. The van der Waals surface area contributed by atoms with Crippen LogP contribution in [0.25, 0.3) is 0 Å². The number of aromatic amines is 1. The molecular weight excluding hydrogens is 302 g/mol. The highest BCUT2D eigenvalue weighted by Crippen LogP contribution is 2.25. The van der Waals surface area contributed by atoms with E-state index in [2.05, 4.69) is 38.7 Å². The molecule has 6 nitrogen and oxygen atoms in total. The predicted octanol–water partition coefficient (Wildman–Crippen LogP) is 3.91. The molecule has 1 aliphatic heterocycles. The number of carbonyl (C=O) groups is 1. The molecule has 0 bridgehead atoms. The van der Waals surface area contributed by atoms with E-state index in [9.17, 15) is 4.79 Å². The fraction of sp³-hybridized carbons (Fsp3) is 0.444. The summed E-state index contributed by atoms with van der Waals surface area (Å²) >= 11 is 0. The van der Waals surface area contributed by atoms with Crippen LogP contribution in [-0.2, 0) is 0 Å². The normalized spacial score (nSPS) is 15.4. The van der Waals surface area contributed by atoms with Crippen LogP contribution in [0.15, 0.2) is 24.3 Å². The SMILES string of the molecule is Cc1n[nH]c(C)c1NC(=O)Nc1cccc(N2CCC(C)CC2)c1. The van der Waals surface area contributed by atoms with Gasteiger partial charge in [0.15, 0.2) is 0 Å². The summed E-state index contributed by atoms with van der Waals surface area (Å²) < 4.78 is 0. The number of piperidine rings is 1. The lowest BCUT2D eigenvalue weighted by Crippen LogP contribution is -2.32. The number of urea groups is 1. The van der Waals surface area contributed by atoms with Crippen molar-refractivity contribution in [1.29, 1.82) is 0 Å². The van der Waals surface area contributed by atoms with Crippen molar-refractivity contribution in [2.45, 2.75) is 33.6 Å². The van der Waals surface area contributed by atoms with Crippen molar-refractivity contribution in [1.82, 2.24) is 10.2 Å². The molecular formula is C18H25N5O. The quantitative estimate of drug-likeness (QED) is 0.800. The van der Waals surface area contributed by atoms with Crippen LogP contribution < -0.4 is 15.5 Å². The average Bonchev–Trinajstić information content (AvgIpc) is 2.88. The summed E-state index contributed by atoms with van der Waals surface area (Å²) in [7, 11) is 0. The van der Waals surface area contributed by atoms with Crippen molar-refractivity contribution < 1.29 is 4.79 Å². The molecule has 0 atom stereocenters. The number of amides is 2. The summed E-state index contributed by atoms with van der Waals surface area (Å²) in [5.74, 6) is 0.801. The molecule has 24 heavy (non-hydrogen) atoms. The summed E-state index contributed by atoms with van der Waals surface area (Å²) in [6.07, 6.45) is 2.44. The van der Waals surface area contributed by atoms with Crippen LogP contribution in [0.2, 0.25) is 0 Å². The van der Waals surface area contributed by atoms with Crippen LogP contribution in [0, 0.1) is 19.8 Å². The van der Waals surface area contributed by atoms with Crippen molar-refractivity contribution in [3.05, 3.63) is 35.7 Å². The lowest BCUT2D eigenvalue weighted by molar-refractivity contribution is 0.262. The van der Waals surface area contributed by atoms with E-state index < -0.39 is 0 Å². The van der Waals surface area contributed by atoms with E-state index in [1.165, 1.54) is 12.8 Å². The van der Waals surface area contributed by atoms with Gasteiger partial charge in [0.25, 0.3) is 0 Å². The highest BCUT2D eigenvalue weighted by molar-refractivity contribution is 6.00. The summed E-state index contributed by atoms with van der Waals surface area (Å²) in [6.45, 7) is 8.19. The lowest BCUT2D eigenvalue weighted by atomic mass is 9.99. The molecule has 0 spiro atoms. The molecule has 0 saturated carbocycles. The lowest BCUT2D eigenvalue weighted by Gasteiger charge is -2.32. The van der Waals surface area contributed by atoms with Gasteiger partial charge in [-0.05, 0) is 50.8 Å². The van der Waals surface area contributed by atoms with Crippen LogP contribution in [-0.4, -0.2) is 29.3 Å². The number of rotatable bonds is 3. The number of hydrogen-bond acceptors (Lipinski definition) is 3. The van der Waals surface area contributed by atoms with Gasteiger partial charge >= 0.3 is 6.03 Å². The Balaban J connectivity index is 1.65. The van der Waals surface area contributed by atoms with Gasteiger partial charge in [-0.2, -0.15) is 5.10 Å². The highest BCUT2D eigenvalue weighted by atomic mass is 16.2. The van der Waals surface area contributed by atoms with Gasteiger partial charge in [0.05, 0.1) is 17.1 Å². The van der Waals surface area contributed by atoms with Gasteiger partial charge in [-0.15, -0.1) is 0 Å². The second-order valence-corrected chi connectivity index (χ2v) is 6.61. The molecule has 3 rings (SSSR count). The Morgan fingerprint density at radius 2 is 2.00 bits per heavy atom. The van der Waals surface area contributed by atoms with Gasteiger partial charge in [-0.1, -0.05) is 13.0 Å². The largest absolute Gasteiger partial charge is 0.371 e. The van der Waals surface area contributed by atoms with E-state index in [-0.39, 0.29) is 6.03 Å². The molecule has 3 N–H and O–H groups in total. The van der Waals surface area contributed by atoms with E-state index >= 15 is 0 Å². The smallest absolute Gasteiger partial charge is 0.323 e. The van der Waals surface area contributed by atoms with Crippen molar-refractivity contribution in [2.75, 3.05) is 28.6 Å². The number of anilines is 3. The summed E-state index contributed by atoms with van der Waals surface area (Å²) in [5.41, 5.74) is 4.31. The third kappa shape index (κ3) is 3.69. The fourth-order valence-electron chi connectivity index (χ4n) is 3.06. The van der Waals surface area contributed by atoms with Crippen LogP contribution in [0.4, 0.5) is 21.9 Å². The third-order valence-electron chi connectivity index (χ3n) is 4.62. The van der Waals surface area contributed by atoms with E-state index in [1.54, 1.807) is 0 Å². The monoisotopic (exact) mass is 327 g/mol. The zero-order valence-electron chi connectivity index (χ0n) is 14.5. The zero-order chi connectivity index (χ0) is 17.1. The van der Waals surface area contributed by atoms with Crippen molar-refractivity contribution >= 4 is 23.1 Å². The molecule has 1 saturated heterocycles. The maximum Gasteiger partial charge on any atom is 0.323 e. The van der Waals surface area contributed by atoms with E-state index in [1.807, 2.05) is 32.0 Å². The van der Waals surface area contributed by atoms with Gasteiger partial charge in [0, 0.05) is 24.5 Å². The van der Waals surface area contributed by atoms with Gasteiger partial charge in [0.2, 0.25) is 0 Å². The number of nitrogens with zero attached hydrogens (tertiary/aromatic N) is 2. The number of aryl methyl sites for hydroxylation is 2. The summed E-state index contributed by atoms with van der Waals surface area (Å²) in [6, 6.07) is 7.77. The average molecular weight is 327 g/mol. The standard InChI is InChI=1S/C18H25N5O/c1-12-7-9-23(10-8-12)16-6-4-5-15(11-16)19-18(24)20-17-13(2)21-22-14(17)3/h4-6,11-12H,7-10H2,1-3H3,(H,21,22)(H2,19,20,24). The molecule has 0 radical (unpaired) electrons. The van der Waals surface area contributed by atoms with E-state index in [4.69, 9.17) is 0 Å². The maximum absolute atomic E-state index is 12.2. The second-order valence-electron chi connectivity index (χ2n) is 6.61. The Labute approximate surface area is 142 Å². The molecule has 0 aliphatic carbocycles. The Morgan fingerprint density at radius 3 is 2.67 bits per heavy atom. The minimum absolute atomic E-state index is 0.257. The molecule has 1 aromatic carbocycles. The topological polar surface area (TPSA) is 73.0 Å². The van der Waals surface area contributed by atoms with Crippen LogP contribution in [0.3, 0.4) is 0 Å². The molecule has 2 heterocycles. The zero-order valence-corrected chi connectivity index (χ0v) is 14.5. The Hall–Kier alpha value is -2.50.